The zero-order valence-corrected chi connectivity index (χ0v) is 26.0. The predicted octanol–water partition coefficient (Wildman–Crippen LogP) is 6.50. The SMILES string of the molecule is COCOc1c(P(c2cc(OC)cc(C(C)(C)C)c2OCOC)C(C)(C)C)cc(OC)cc1C(C)(C)C. The molecule has 37 heavy (non-hydrogen) atoms. The Bertz CT molecular complexity index is 966. The van der Waals surface area contributed by atoms with E-state index in [2.05, 4.69) is 86.6 Å². The molecule has 0 saturated carbocycles. The van der Waals surface area contributed by atoms with E-state index in [9.17, 15) is 0 Å². The van der Waals surface area contributed by atoms with Crippen molar-refractivity contribution in [1.82, 2.24) is 0 Å². The van der Waals surface area contributed by atoms with Crippen LogP contribution in [0.2, 0.25) is 0 Å². The Balaban J connectivity index is 3.09. The normalized spacial score (nSPS) is 12.6. The first-order valence-corrected chi connectivity index (χ1v) is 13.9. The zero-order valence-electron chi connectivity index (χ0n) is 25.1. The summed E-state index contributed by atoms with van der Waals surface area (Å²) in [4.78, 5) is 0. The van der Waals surface area contributed by atoms with E-state index in [4.69, 9.17) is 28.4 Å². The van der Waals surface area contributed by atoms with Crippen molar-refractivity contribution in [3.63, 3.8) is 0 Å². The van der Waals surface area contributed by atoms with Crippen LogP contribution in [0.25, 0.3) is 0 Å². The summed E-state index contributed by atoms with van der Waals surface area (Å²) in [5.74, 6) is 3.24. The smallest absolute Gasteiger partial charge is 0.188 e. The molecule has 0 saturated heterocycles. The molecule has 0 amide bonds. The third-order valence-corrected chi connectivity index (χ3v) is 8.94. The number of benzene rings is 2. The second-order valence-corrected chi connectivity index (χ2v) is 15.1. The third kappa shape index (κ3) is 7.52. The van der Waals surface area contributed by atoms with E-state index < -0.39 is 7.92 Å². The molecular weight excluding hydrogens is 487 g/mol. The molecule has 2 aromatic rings. The van der Waals surface area contributed by atoms with Crippen LogP contribution >= 0.6 is 7.92 Å². The van der Waals surface area contributed by atoms with E-state index in [1.54, 1.807) is 28.4 Å². The fourth-order valence-electron chi connectivity index (χ4n) is 4.25. The van der Waals surface area contributed by atoms with Crippen LogP contribution in [0.5, 0.6) is 23.0 Å². The van der Waals surface area contributed by atoms with E-state index >= 15 is 0 Å². The number of hydrogen-bond acceptors (Lipinski definition) is 6. The van der Waals surface area contributed by atoms with Gasteiger partial charge in [-0.25, -0.2) is 0 Å². The van der Waals surface area contributed by atoms with Gasteiger partial charge < -0.3 is 28.4 Å². The number of methoxy groups -OCH3 is 4. The van der Waals surface area contributed by atoms with Crippen LogP contribution in [0.3, 0.4) is 0 Å². The molecule has 7 heteroatoms. The van der Waals surface area contributed by atoms with Crippen molar-refractivity contribution >= 4 is 18.5 Å². The van der Waals surface area contributed by atoms with Crippen molar-refractivity contribution in [1.29, 1.82) is 0 Å². The molecule has 0 N–H and O–H groups in total. The van der Waals surface area contributed by atoms with Crippen LogP contribution in [-0.4, -0.2) is 47.2 Å². The molecule has 0 spiro atoms. The van der Waals surface area contributed by atoms with Gasteiger partial charge in [0.25, 0.3) is 0 Å². The monoisotopic (exact) mass is 534 g/mol. The van der Waals surface area contributed by atoms with Crippen molar-refractivity contribution in [2.45, 2.75) is 78.3 Å². The van der Waals surface area contributed by atoms with Crippen molar-refractivity contribution in [3.8, 4) is 23.0 Å². The summed E-state index contributed by atoms with van der Waals surface area (Å²) in [6, 6.07) is 8.35. The molecule has 208 valence electrons. The molecule has 0 bridgehead atoms. The highest BCUT2D eigenvalue weighted by Gasteiger charge is 2.37. The molecule has 2 rings (SSSR count). The summed E-state index contributed by atoms with van der Waals surface area (Å²) >= 11 is 0. The number of hydrogen-bond donors (Lipinski definition) is 0. The van der Waals surface area contributed by atoms with Gasteiger partial charge in [0.1, 0.15) is 23.0 Å². The fraction of sp³-hybridized carbons (Fsp3) is 0.600. The van der Waals surface area contributed by atoms with Gasteiger partial charge in [-0.2, -0.15) is 0 Å². The molecule has 0 aliphatic carbocycles. The summed E-state index contributed by atoms with van der Waals surface area (Å²) in [7, 11) is 5.63. The highest BCUT2D eigenvalue weighted by atomic mass is 31.1. The largest absolute Gasteiger partial charge is 0.497 e. The summed E-state index contributed by atoms with van der Waals surface area (Å²) < 4.78 is 35.1. The molecule has 0 aromatic heterocycles. The quantitative estimate of drug-likeness (QED) is 0.256. The minimum absolute atomic E-state index is 0.147. The third-order valence-electron chi connectivity index (χ3n) is 5.97. The van der Waals surface area contributed by atoms with Crippen LogP contribution in [0.1, 0.15) is 73.4 Å². The van der Waals surface area contributed by atoms with E-state index in [-0.39, 0.29) is 29.6 Å². The zero-order chi connectivity index (χ0) is 28.2. The molecule has 0 atom stereocenters. The minimum Gasteiger partial charge on any atom is -0.497 e. The van der Waals surface area contributed by atoms with E-state index in [1.165, 1.54) is 0 Å². The van der Waals surface area contributed by atoms with Gasteiger partial charge in [0, 0.05) is 36.0 Å². The van der Waals surface area contributed by atoms with E-state index in [0.717, 1.165) is 44.7 Å². The van der Waals surface area contributed by atoms with Crippen LogP contribution in [0, 0.1) is 0 Å². The maximum Gasteiger partial charge on any atom is 0.188 e. The van der Waals surface area contributed by atoms with Gasteiger partial charge in [0.05, 0.1) is 14.2 Å². The van der Waals surface area contributed by atoms with Gasteiger partial charge in [0.15, 0.2) is 13.6 Å². The average Bonchev–Trinajstić information content (AvgIpc) is 2.79. The predicted molar refractivity (Wildman–Crippen MR) is 154 cm³/mol. The topological polar surface area (TPSA) is 55.4 Å². The van der Waals surface area contributed by atoms with Crippen molar-refractivity contribution < 1.29 is 28.4 Å². The summed E-state index contributed by atoms with van der Waals surface area (Å²) in [5, 5.41) is 1.97. The number of ether oxygens (including phenoxy) is 6. The summed E-state index contributed by atoms with van der Waals surface area (Å²) in [6.07, 6.45) is 0. The summed E-state index contributed by atoms with van der Waals surface area (Å²) in [6.45, 7) is 20.1. The molecule has 2 aromatic carbocycles. The van der Waals surface area contributed by atoms with Crippen molar-refractivity contribution in [2.24, 2.45) is 0 Å². The van der Waals surface area contributed by atoms with Gasteiger partial charge in [-0.05, 0) is 48.2 Å². The van der Waals surface area contributed by atoms with Gasteiger partial charge in [-0.15, -0.1) is 0 Å². The Morgan fingerprint density at radius 1 is 0.568 bits per heavy atom. The molecule has 0 radical (unpaired) electrons. The molecule has 0 heterocycles. The second-order valence-electron chi connectivity index (χ2n) is 12.2. The molecule has 0 unspecified atom stereocenters. The second kappa shape index (κ2) is 12.2. The van der Waals surface area contributed by atoms with Gasteiger partial charge in [-0.3, -0.25) is 0 Å². The van der Waals surface area contributed by atoms with Gasteiger partial charge >= 0.3 is 0 Å². The van der Waals surface area contributed by atoms with Gasteiger partial charge in [-0.1, -0.05) is 62.3 Å². The summed E-state index contributed by atoms with van der Waals surface area (Å²) in [5.41, 5.74) is 1.75. The fourth-order valence-corrected chi connectivity index (χ4v) is 7.24. The Labute approximate surface area is 225 Å². The van der Waals surface area contributed by atoms with E-state index in [0.29, 0.717) is 0 Å². The van der Waals surface area contributed by atoms with E-state index in [1.807, 2.05) is 0 Å². The molecule has 0 fully saturated rings. The first-order chi connectivity index (χ1) is 17.1. The Kier molecular flexibility index (Phi) is 10.3. The first kappa shape index (κ1) is 31.2. The maximum atomic E-state index is 6.36. The van der Waals surface area contributed by atoms with Crippen molar-refractivity contribution in [2.75, 3.05) is 42.0 Å². The van der Waals surface area contributed by atoms with Crippen LogP contribution in [-0.2, 0) is 20.3 Å². The lowest BCUT2D eigenvalue weighted by Gasteiger charge is -2.37. The Morgan fingerprint density at radius 2 is 0.919 bits per heavy atom. The lowest BCUT2D eigenvalue weighted by atomic mass is 9.86. The standard InChI is InChI=1S/C30H47O6P/c1-28(2,3)22-14-20(33-12)16-24(26(22)35-18-31-10)37(30(7,8)9)25-17-21(34-13)15-23(29(4,5)6)27(25)36-19-32-11/h14-17H,18-19H2,1-13H3. The lowest BCUT2D eigenvalue weighted by Crippen LogP contribution is -2.32. The van der Waals surface area contributed by atoms with Crippen LogP contribution in [0.4, 0.5) is 0 Å². The molecule has 0 aliphatic rings. The minimum atomic E-state index is -1.06. The Hall–Kier alpha value is -2.01. The van der Waals surface area contributed by atoms with Crippen molar-refractivity contribution in [3.05, 3.63) is 35.4 Å². The molecule has 6 nitrogen and oxygen atoms in total. The highest BCUT2D eigenvalue weighted by Crippen LogP contribution is 2.55. The highest BCUT2D eigenvalue weighted by molar-refractivity contribution is 7.74. The first-order valence-electron chi connectivity index (χ1n) is 12.6. The van der Waals surface area contributed by atoms with Gasteiger partial charge in [0.2, 0.25) is 0 Å². The lowest BCUT2D eigenvalue weighted by molar-refractivity contribution is 0.0505. The van der Waals surface area contributed by atoms with Crippen LogP contribution < -0.4 is 29.6 Å². The number of rotatable bonds is 10. The Morgan fingerprint density at radius 3 is 1.16 bits per heavy atom. The molecule has 0 aliphatic heterocycles. The van der Waals surface area contributed by atoms with Crippen LogP contribution in [0.15, 0.2) is 24.3 Å². The maximum absolute atomic E-state index is 6.36. The average molecular weight is 535 g/mol. The molecular formula is C30H47O6P.